The summed E-state index contributed by atoms with van der Waals surface area (Å²) in [6, 6.07) is 19.8. The van der Waals surface area contributed by atoms with Gasteiger partial charge in [0.25, 0.3) is 0 Å². The van der Waals surface area contributed by atoms with Gasteiger partial charge in [-0.05, 0) is 60.9 Å². The van der Waals surface area contributed by atoms with Crippen LogP contribution in [0.5, 0.6) is 0 Å². The van der Waals surface area contributed by atoms with E-state index in [9.17, 15) is 17.6 Å². The first-order valence-corrected chi connectivity index (χ1v) is 10.5. The van der Waals surface area contributed by atoms with Crippen LogP contribution < -0.4 is 10.0 Å². The summed E-state index contributed by atoms with van der Waals surface area (Å²) >= 11 is 0. The molecule has 1 atom stereocenters. The average Bonchev–Trinajstić information content (AvgIpc) is 2.68. The lowest BCUT2D eigenvalue weighted by atomic mass is 10.1. The molecule has 0 bridgehead atoms. The van der Waals surface area contributed by atoms with Gasteiger partial charge in [0.05, 0.1) is 4.90 Å². The quantitative estimate of drug-likeness (QED) is 0.622. The third-order valence-corrected chi connectivity index (χ3v) is 5.79. The lowest BCUT2D eigenvalue weighted by Crippen LogP contribution is -2.45. The number of benzene rings is 3. The zero-order valence-corrected chi connectivity index (χ0v) is 16.6. The minimum absolute atomic E-state index is 0.111. The molecule has 1 amide bonds. The molecule has 29 heavy (non-hydrogen) atoms. The zero-order valence-electron chi connectivity index (χ0n) is 15.8. The summed E-state index contributed by atoms with van der Waals surface area (Å²) in [6.07, 6.45) is 0.166. The van der Waals surface area contributed by atoms with Crippen molar-refractivity contribution in [2.75, 3.05) is 5.32 Å². The highest BCUT2D eigenvalue weighted by atomic mass is 32.2. The van der Waals surface area contributed by atoms with E-state index in [2.05, 4.69) is 10.0 Å². The third-order valence-electron chi connectivity index (χ3n) is 4.31. The maximum atomic E-state index is 13.1. The number of nitrogens with one attached hydrogen (secondary N) is 2. The molecule has 0 radical (unpaired) electrons. The molecular weight excluding hydrogens is 391 g/mol. The second-order valence-corrected chi connectivity index (χ2v) is 8.39. The van der Waals surface area contributed by atoms with E-state index >= 15 is 0 Å². The Kier molecular flexibility index (Phi) is 6.41. The SMILES string of the molecule is Cc1cccc(NC(=O)[C@@H](Cc2ccccc2)NS(=O)(=O)c2ccc(F)cc2)c1. The number of sulfonamides is 1. The smallest absolute Gasteiger partial charge is 0.242 e. The Labute approximate surface area is 169 Å². The Bertz CT molecular complexity index is 1080. The van der Waals surface area contributed by atoms with Crippen molar-refractivity contribution in [3.63, 3.8) is 0 Å². The predicted molar refractivity (Wildman–Crippen MR) is 110 cm³/mol. The van der Waals surface area contributed by atoms with Gasteiger partial charge in [-0.1, -0.05) is 42.5 Å². The topological polar surface area (TPSA) is 75.3 Å². The summed E-state index contributed by atoms with van der Waals surface area (Å²) in [5.41, 5.74) is 2.35. The molecule has 3 aromatic carbocycles. The molecule has 0 aliphatic carbocycles. The molecule has 0 aliphatic rings. The molecule has 0 saturated heterocycles. The Morgan fingerprint density at radius 1 is 0.966 bits per heavy atom. The standard InChI is InChI=1S/C22H21FN2O3S/c1-16-6-5-9-19(14-16)24-22(26)21(15-17-7-3-2-4-8-17)25-29(27,28)20-12-10-18(23)11-13-20/h2-14,21,25H,15H2,1H3,(H,24,26)/t21-/m1/s1. The molecule has 0 unspecified atom stereocenters. The Hall–Kier alpha value is -3.03. The number of aryl methyl sites for hydroxylation is 1. The molecule has 5 nitrogen and oxygen atoms in total. The number of hydrogen-bond acceptors (Lipinski definition) is 3. The maximum Gasteiger partial charge on any atom is 0.242 e. The van der Waals surface area contributed by atoms with Gasteiger partial charge in [-0.25, -0.2) is 12.8 Å². The van der Waals surface area contributed by atoms with Gasteiger partial charge in [0.1, 0.15) is 11.9 Å². The van der Waals surface area contributed by atoms with Crippen LogP contribution in [0.3, 0.4) is 0 Å². The molecule has 0 heterocycles. The summed E-state index contributed by atoms with van der Waals surface area (Å²) in [5, 5.41) is 2.76. The zero-order chi connectivity index (χ0) is 20.9. The van der Waals surface area contributed by atoms with Gasteiger partial charge in [-0.3, -0.25) is 4.79 Å². The number of carbonyl (C=O) groups is 1. The molecule has 0 aliphatic heterocycles. The summed E-state index contributed by atoms with van der Waals surface area (Å²) in [6.45, 7) is 1.90. The van der Waals surface area contributed by atoms with Gasteiger partial charge >= 0.3 is 0 Å². The van der Waals surface area contributed by atoms with Gasteiger partial charge in [0.2, 0.25) is 15.9 Å². The summed E-state index contributed by atoms with van der Waals surface area (Å²) < 4.78 is 41.1. The lowest BCUT2D eigenvalue weighted by molar-refractivity contribution is -0.117. The summed E-state index contributed by atoms with van der Waals surface area (Å²) in [4.78, 5) is 12.8. The lowest BCUT2D eigenvalue weighted by Gasteiger charge is -2.19. The van der Waals surface area contributed by atoms with Gasteiger partial charge in [0.15, 0.2) is 0 Å². The first kappa shape index (κ1) is 20.7. The number of hydrogen-bond donors (Lipinski definition) is 2. The van der Waals surface area contributed by atoms with E-state index in [0.29, 0.717) is 5.69 Å². The number of rotatable bonds is 7. The summed E-state index contributed by atoms with van der Waals surface area (Å²) in [7, 11) is -4.02. The van der Waals surface area contributed by atoms with Crippen LogP contribution >= 0.6 is 0 Å². The van der Waals surface area contributed by atoms with Gasteiger partial charge < -0.3 is 5.32 Å². The fourth-order valence-electron chi connectivity index (χ4n) is 2.86. The maximum absolute atomic E-state index is 13.1. The van der Waals surface area contributed by atoms with Gasteiger partial charge in [-0.2, -0.15) is 4.72 Å². The number of anilines is 1. The molecule has 0 saturated carbocycles. The van der Waals surface area contributed by atoms with Crippen LogP contribution in [0, 0.1) is 12.7 Å². The van der Waals surface area contributed by atoms with Crippen LogP contribution in [0.1, 0.15) is 11.1 Å². The van der Waals surface area contributed by atoms with Crippen LogP contribution in [0.25, 0.3) is 0 Å². The van der Waals surface area contributed by atoms with Crippen LogP contribution in [0.2, 0.25) is 0 Å². The summed E-state index contributed by atoms with van der Waals surface area (Å²) in [5.74, 6) is -1.02. The van der Waals surface area contributed by atoms with E-state index in [1.165, 1.54) is 0 Å². The van der Waals surface area contributed by atoms with Crippen LogP contribution in [-0.4, -0.2) is 20.4 Å². The van der Waals surface area contributed by atoms with Crippen molar-refractivity contribution in [3.05, 3.63) is 95.8 Å². The van der Waals surface area contributed by atoms with Crippen LogP contribution in [0.4, 0.5) is 10.1 Å². The fraction of sp³-hybridized carbons (Fsp3) is 0.136. The van der Waals surface area contributed by atoms with Crippen molar-refractivity contribution in [3.8, 4) is 0 Å². The second-order valence-electron chi connectivity index (χ2n) is 6.68. The normalized spacial score (nSPS) is 12.3. The molecule has 0 spiro atoms. The highest BCUT2D eigenvalue weighted by molar-refractivity contribution is 7.89. The number of amides is 1. The highest BCUT2D eigenvalue weighted by Crippen LogP contribution is 2.15. The molecule has 2 N–H and O–H groups in total. The van der Waals surface area contributed by atoms with E-state index in [1.54, 1.807) is 18.2 Å². The molecule has 150 valence electrons. The van der Waals surface area contributed by atoms with Crippen molar-refractivity contribution in [2.24, 2.45) is 0 Å². The monoisotopic (exact) mass is 412 g/mol. The van der Waals surface area contributed by atoms with Crippen LogP contribution in [0.15, 0.2) is 83.8 Å². The van der Waals surface area contributed by atoms with Crippen molar-refractivity contribution < 1.29 is 17.6 Å². The van der Waals surface area contributed by atoms with Crippen molar-refractivity contribution in [1.82, 2.24) is 4.72 Å². The Morgan fingerprint density at radius 2 is 1.66 bits per heavy atom. The minimum atomic E-state index is -4.02. The molecule has 7 heteroatoms. The molecule has 0 aromatic heterocycles. The average molecular weight is 412 g/mol. The molecule has 0 fully saturated rings. The predicted octanol–water partition coefficient (Wildman–Crippen LogP) is 3.66. The first-order chi connectivity index (χ1) is 13.8. The Morgan fingerprint density at radius 3 is 2.31 bits per heavy atom. The number of carbonyl (C=O) groups excluding carboxylic acids is 1. The van der Waals surface area contributed by atoms with E-state index in [1.807, 2.05) is 43.3 Å². The van der Waals surface area contributed by atoms with E-state index in [-0.39, 0.29) is 11.3 Å². The van der Waals surface area contributed by atoms with Crippen molar-refractivity contribution >= 4 is 21.6 Å². The van der Waals surface area contributed by atoms with Gasteiger partial charge in [0, 0.05) is 5.69 Å². The van der Waals surface area contributed by atoms with E-state index in [4.69, 9.17) is 0 Å². The largest absolute Gasteiger partial charge is 0.325 e. The molecule has 3 aromatic rings. The second kappa shape index (κ2) is 8.98. The highest BCUT2D eigenvalue weighted by Gasteiger charge is 2.26. The third kappa shape index (κ3) is 5.73. The van der Waals surface area contributed by atoms with Crippen molar-refractivity contribution in [2.45, 2.75) is 24.3 Å². The minimum Gasteiger partial charge on any atom is -0.325 e. The van der Waals surface area contributed by atoms with E-state index in [0.717, 1.165) is 35.4 Å². The van der Waals surface area contributed by atoms with Crippen LogP contribution in [-0.2, 0) is 21.2 Å². The molecule has 3 rings (SSSR count). The van der Waals surface area contributed by atoms with Gasteiger partial charge in [-0.15, -0.1) is 0 Å². The number of halogens is 1. The first-order valence-electron chi connectivity index (χ1n) is 9.03. The molecular formula is C22H21FN2O3S. The van der Waals surface area contributed by atoms with E-state index < -0.39 is 27.8 Å². The van der Waals surface area contributed by atoms with Crippen molar-refractivity contribution in [1.29, 1.82) is 0 Å². The fourth-order valence-corrected chi connectivity index (χ4v) is 4.05. The Balaban J connectivity index is 1.85.